The molecule has 106 valence electrons. The molecule has 0 saturated carbocycles. The number of phenols is 1. The van der Waals surface area contributed by atoms with Crippen LogP contribution in [0.25, 0.3) is 11.4 Å². The molecule has 1 unspecified atom stereocenters. The van der Waals surface area contributed by atoms with Crippen molar-refractivity contribution in [3.63, 3.8) is 0 Å². The number of H-pyrrole nitrogens is 1. The Bertz CT molecular complexity index is 609. The number of nitrogens with zero attached hydrogens (tertiary/aromatic N) is 3. The van der Waals surface area contributed by atoms with Crippen molar-refractivity contribution in [1.82, 2.24) is 20.5 Å². The van der Waals surface area contributed by atoms with E-state index >= 15 is 0 Å². The van der Waals surface area contributed by atoms with Crippen molar-refractivity contribution in [2.45, 2.75) is 19.9 Å². The summed E-state index contributed by atoms with van der Waals surface area (Å²) in [6.07, 6.45) is 0. The Balaban J connectivity index is 1.86. The van der Waals surface area contributed by atoms with Crippen LogP contribution in [-0.2, 0) is 0 Å². The second-order valence-corrected chi connectivity index (χ2v) is 5.28. The molecular weight excluding hydrogens is 254 g/mol. The van der Waals surface area contributed by atoms with Crippen LogP contribution in [0.3, 0.4) is 0 Å². The van der Waals surface area contributed by atoms with Gasteiger partial charge in [-0.05, 0) is 37.6 Å². The highest BCUT2D eigenvalue weighted by Crippen LogP contribution is 2.25. The fourth-order valence-corrected chi connectivity index (χ4v) is 2.54. The highest BCUT2D eigenvalue weighted by atomic mass is 16.3. The summed E-state index contributed by atoms with van der Waals surface area (Å²) >= 11 is 0. The van der Waals surface area contributed by atoms with Gasteiger partial charge in [0.1, 0.15) is 5.75 Å². The van der Waals surface area contributed by atoms with Crippen LogP contribution in [0, 0.1) is 6.92 Å². The van der Waals surface area contributed by atoms with Gasteiger partial charge in [0, 0.05) is 31.2 Å². The number of aryl methyl sites for hydroxylation is 1. The van der Waals surface area contributed by atoms with E-state index in [0.717, 1.165) is 42.5 Å². The zero-order valence-electron chi connectivity index (χ0n) is 11.7. The number of aromatic amines is 1. The van der Waals surface area contributed by atoms with Crippen LogP contribution in [0.15, 0.2) is 18.2 Å². The molecule has 0 aliphatic carbocycles. The molecule has 1 saturated heterocycles. The number of anilines is 1. The Morgan fingerprint density at radius 1 is 1.40 bits per heavy atom. The fraction of sp³-hybridized carbons (Fsp3) is 0.429. The Morgan fingerprint density at radius 2 is 2.25 bits per heavy atom. The van der Waals surface area contributed by atoms with Crippen molar-refractivity contribution in [3.05, 3.63) is 23.8 Å². The van der Waals surface area contributed by atoms with Crippen molar-refractivity contribution in [2.24, 2.45) is 0 Å². The summed E-state index contributed by atoms with van der Waals surface area (Å²) in [5.41, 5.74) is 1.94. The number of hydrogen-bond acceptors (Lipinski definition) is 5. The van der Waals surface area contributed by atoms with Crippen LogP contribution >= 0.6 is 0 Å². The number of hydrogen-bond donors (Lipinski definition) is 3. The highest BCUT2D eigenvalue weighted by molar-refractivity contribution is 5.62. The lowest BCUT2D eigenvalue weighted by Gasteiger charge is -2.30. The standard InChI is InChI=1S/C14H19N5O/c1-9-7-11(20)3-4-12(9)13-16-14(18-17-13)19-6-5-15-10(2)8-19/h3-4,7,10,15,20H,5-6,8H2,1-2H3,(H,16,17,18). The molecule has 1 aromatic heterocycles. The SMILES string of the molecule is Cc1cc(O)ccc1-c1nc(N2CCNC(C)C2)n[nH]1. The van der Waals surface area contributed by atoms with Gasteiger partial charge in [0.25, 0.3) is 0 Å². The topological polar surface area (TPSA) is 77.1 Å². The summed E-state index contributed by atoms with van der Waals surface area (Å²) in [5.74, 6) is 1.74. The third-order valence-electron chi connectivity index (χ3n) is 3.59. The lowest BCUT2D eigenvalue weighted by atomic mass is 10.1. The quantitative estimate of drug-likeness (QED) is 0.768. The molecule has 1 atom stereocenters. The summed E-state index contributed by atoms with van der Waals surface area (Å²) in [4.78, 5) is 6.76. The van der Waals surface area contributed by atoms with Gasteiger partial charge >= 0.3 is 0 Å². The molecule has 0 spiro atoms. The van der Waals surface area contributed by atoms with Crippen LogP contribution in [0.2, 0.25) is 0 Å². The van der Waals surface area contributed by atoms with Gasteiger partial charge in [-0.2, -0.15) is 4.98 Å². The van der Waals surface area contributed by atoms with E-state index in [2.05, 4.69) is 32.3 Å². The van der Waals surface area contributed by atoms with E-state index in [0.29, 0.717) is 6.04 Å². The van der Waals surface area contributed by atoms with Gasteiger partial charge < -0.3 is 15.3 Å². The predicted octanol–water partition coefficient (Wildman–Crippen LogP) is 1.28. The summed E-state index contributed by atoms with van der Waals surface area (Å²) in [5, 5.41) is 20.2. The number of aromatic nitrogens is 3. The molecule has 3 rings (SSSR count). The maximum atomic E-state index is 9.46. The summed E-state index contributed by atoms with van der Waals surface area (Å²) < 4.78 is 0. The highest BCUT2D eigenvalue weighted by Gasteiger charge is 2.19. The number of rotatable bonds is 2. The molecule has 1 aromatic carbocycles. The minimum Gasteiger partial charge on any atom is -0.508 e. The minimum atomic E-state index is 0.266. The van der Waals surface area contributed by atoms with E-state index < -0.39 is 0 Å². The smallest absolute Gasteiger partial charge is 0.245 e. The average molecular weight is 273 g/mol. The molecular formula is C14H19N5O. The monoisotopic (exact) mass is 273 g/mol. The lowest BCUT2D eigenvalue weighted by Crippen LogP contribution is -2.49. The van der Waals surface area contributed by atoms with Gasteiger partial charge in [-0.15, -0.1) is 5.10 Å². The maximum absolute atomic E-state index is 9.46. The van der Waals surface area contributed by atoms with Crippen LogP contribution in [0.4, 0.5) is 5.95 Å². The molecule has 2 heterocycles. The van der Waals surface area contributed by atoms with Crippen molar-refractivity contribution >= 4 is 5.95 Å². The van der Waals surface area contributed by atoms with E-state index in [9.17, 15) is 5.11 Å². The first-order chi connectivity index (χ1) is 9.63. The molecule has 2 aromatic rings. The largest absolute Gasteiger partial charge is 0.508 e. The third kappa shape index (κ3) is 2.46. The molecule has 0 bridgehead atoms. The van der Waals surface area contributed by atoms with Crippen molar-refractivity contribution in [1.29, 1.82) is 0 Å². The van der Waals surface area contributed by atoms with Gasteiger partial charge in [0.2, 0.25) is 5.95 Å². The molecule has 0 radical (unpaired) electrons. The van der Waals surface area contributed by atoms with E-state index in [4.69, 9.17) is 0 Å². The zero-order valence-corrected chi connectivity index (χ0v) is 11.7. The summed E-state index contributed by atoms with van der Waals surface area (Å²) in [6.45, 7) is 6.87. The van der Waals surface area contributed by atoms with Crippen LogP contribution in [0.1, 0.15) is 12.5 Å². The zero-order chi connectivity index (χ0) is 14.1. The number of benzene rings is 1. The second kappa shape index (κ2) is 5.13. The Morgan fingerprint density at radius 3 is 3.00 bits per heavy atom. The average Bonchev–Trinajstić information content (AvgIpc) is 2.88. The first-order valence-corrected chi connectivity index (χ1v) is 6.84. The third-order valence-corrected chi connectivity index (χ3v) is 3.59. The van der Waals surface area contributed by atoms with Crippen LogP contribution in [0.5, 0.6) is 5.75 Å². The first-order valence-electron chi connectivity index (χ1n) is 6.84. The molecule has 6 heteroatoms. The van der Waals surface area contributed by atoms with Crippen molar-refractivity contribution < 1.29 is 5.11 Å². The van der Waals surface area contributed by atoms with Gasteiger partial charge in [-0.3, -0.25) is 5.10 Å². The summed E-state index contributed by atoms with van der Waals surface area (Å²) in [7, 11) is 0. The summed E-state index contributed by atoms with van der Waals surface area (Å²) in [6, 6.07) is 5.69. The Labute approximate surface area is 117 Å². The number of aromatic hydroxyl groups is 1. The van der Waals surface area contributed by atoms with E-state index in [1.807, 2.05) is 13.0 Å². The Hall–Kier alpha value is -2.08. The molecule has 6 nitrogen and oxygen atoms in total. The molecule has 20 heavy (non-hydrogen) atoms. The van der Waals surface area contributed by atoms with Gasteiger partial charge in [0.05, 0.1) is 0 Å². The molecule has 0 amide bonds. The lowest BCUT2D eigenvalue weighted by molar-refractivity contribution is 0.475. The minimum absolute atomic E-state index is 0.266. The van der Waals surface area contributed by atoms with E-state index in [-0.39, 0.29) is 5.75 Å². The van der Waals surface area contributed by atoms with E-state index in [1.54, 1.807) is 12.1 Å². The van der Waals surface area contributed by atoms with Crippen molar-refractivity contribution in [2.75, 3.05) is 24.5 Å². The van der Waals surface area contributed by atoms with Crippen molar-refractivity contribution in [3.8, 4) is 17.1 Å². The second-order valence-electron chi connectivity index (χ2n) is 5.28. The molecule has 1 fully saturated rings. The number of phenolic OH excluding ortho intramolecular Hbond substituents is 1. The van der Waals surface area contributed by atoms with Gasteiger partial charge in [-0.1, -0.05) is 0 Å². The predicted molar refractivity (Wildman–Crippen MR) is 77.9 cm³/mol. The molecule has 1 aliphatic heterocycles. The number of nitrogens with one attached hydrogen (secondary N) is 2. The van der Waals surface area contributed by atoms with Crippen LogP contribution in [-0.4, -0.2) is 46.0 Å². The van der Waals surface area contributed by atoms with E-state index in [1.165, 1.54) is 0 Å². The fourth-order valence-electron chi connectivity index (χ4n) is 2.54. The molecule has 3 N–H and O–H groups in total. The number of piperazine rings is 1. The molecule has 1 aliphatic rings. The normalized spacial score (nSPS) is 19.3. The van der Waals surface area contributed by atoms with Gasteiger partial charge in [-0.25, -0.2) is 0 Å². The van der Waals surface area contributed by atoms with Crippen LogP contribution < -0.4 is 10.2 Å². The first kappa shape index (κ1) is 12.9. The maximum Gasteiger partial charge on any atom is 0.245 e. The Kier molecular flexibility index (Phi) is 3.31. The van der Waals surface area contributed by atoms with Gasteiger partial charge in [0.15, 0.2) is 5.82 Å².